The van der Waals surface area contributed by atoms with Crippen molar-refractivity contribution in [2.24, 2.45) is 23.7 Å². The molecule has 0 aliphatic rings. The lowest BCUT2D eigenvalue weighted by Gasteiger charge is -2.05. The van der Waals surface area contributed by atoms with Crippen LogP contribution in [-0.2, 0) is 0 Å². The second-order valence-electron chi connectivity index (χ2n) is 11.7. The van der Waals surface area contributed by atoms with Gasteiger partial charge in [-0.25, -0.2) is 0 Å². The molecule has 0 N–H and O–H groups in total. The van der Waals surface area contributed by atoms with Gasteiger partial charge in [-0.05, 0) is 23.7 Å². The second-order valence-corrected chi connectivity index (χ2v) is 11.7. The maximum absolute atomic E-state index is 2.33. The summed E-state index contributed by atoms with van der Waals surface area (Å²) in [5.41, 5.74) is 0. The lowest BCUT2D eigenvalue weighted by molar-refractivity contribution is 0.490. The third kappa shape index (κ3) is 35.4. The standard InChI is InChI=1S/C16H34.C14H30/c1-15(2)13-11-9-7-5-6-8-10-12-14-16(3)4;1-13(2)11-9-7-5-6-8-10-12-14(3)4/h15-16H,5-14H2,1-4H3;13-14H,5-12H2,1-4H3. The van der Waals surface area contributed by atoms with Crippen molar-refractivity contribution in [1.82, 2.24) is 0 Å². The third-order valence-electron chi connectivity index (χ3n) is 6.13. The minimum Gasteiger partial charge on any atom is -0.0628 e. The van der Waals surface area contributed by atoms with E-state index in [-0.39, 0.29) is 0 Å². The number of hydrogen-bond acceptors (Lipinski definition) is 0. The van der Waals surface area contributed by atoms with E-state index in [1.165, 1.54) is 116 Å². The smallest absolute Gasteiger partial charge is 0.0471 e. The molecular weight excluding hydrogens is 360 g/mol. The molecule has 0 heteroatoms. The van der Waals surface area contributed by atoms with Crippen molar-refractivity contribution in [3.63, 3.8) is 0 Å². The van der Waals surface area contributed by atoms with E-state index < -0.39 is 0 Å². The monoisotopic (exact) mass is 425 g/mol. The quantitative estimate of drug-likeness (QED) is 0.170. The van der Waals surface area contributed by atoms with Crippen LogP contribution < -0.4 is 0 Å². The minimum atomic E-state index is 0.899. The van der Waals surface area contributed by atoms with Crippen LogP contribution in [0, 0.1) is 23.7 Å². The van der Waals surface area contributed by atoms with Gasteiger partial charge >= 0.3 is 0 Å². The minimum absolute atomic E-state index is 0.899. The maximum atomic E-state index is 2.33. The van der Waals surface area contributed by atoms with E-state index in [0.29, 0.717) is 0 Å². The summed E-state index contributed by atoms with van der Waals surface area (Å²) < 4.78 is 0. The molecule has 0 radical (unpaired) electrons. The summed E-state index contributed by atoms with van der Waals surface area (Å²) in [7, 11) is 0. The van der Waals surface area contributed by atoms with Crippen molar-refractivity contribution < 1.29 is 0 Å². The van der Waals surface area contributed by atoms with Crippen LogP contribution in [0.2, 0.25) is 0 Å². The SMILES string of the molecule is CC(C)CCCCCCCCC(C)C.CC(C)CCCCCCCCCCC(C)C. The highest BCUT2D eigenvalue weighted by atomic mass is 14.0. The van der Waals surface area contributed by atoms with E-state index in [0.717, 1.165) is 23.7 Å². The molecule has 0 spiro atoms. The van der Waals surface area contributed by atoms with Crippen molar-refractivity contribution in [2.45, 2.75) is 171 Å². The molecule has 0 saturated heterocycles. The Hall–Kier alpha value is 0. The van der Waals surface area contributed by atoms with Crippen LogP contribution in [0.4, 0.5) is 0 Å². The van der Waals surface area contributed by atoms with Crippen LogP contribution in [0.5, 0.6) is 0 Å². The normalized spacial score (nSPS) is 11.6. The predicted molar refractivity (Wildman–Crippen MR) is 142 cm³/mol. The molecule has 0 nitrogen and oxygen atoms in total. The molecule has 0 bridgehead atoms. The maximum Gasteiger partial charge on any atom is -0.0471 e. The van der Waals surface area contributed by atoms with Gasteiger partial charge in [0.05, 0.1) is 0 Å². The Morgan fingerprint density at radius 2 is 0.367 bits per heavy atom. The average Bonchev–Trinajstić information content (AvgIpc) is 2.65. The fourth-order valence-corrected chi connectivity index (χ4v) is 3.98. The highest BCUT2D eigenvalue weighted by molar-refractivity contribution is 4.52. The van der Waals surface area contributed by atoms with E-state index >= 15 is 0 Å². The van der Waals surface area contributed by atoms with Crippen LogP contribution >= 0.6 is 0 Å². The number of unbranched alkanes of at least 4 members (excludes halogenated alkanes) is 12. The van der Waals surface area contributed by atoms with E-state index in [9.17, 15) is 0 Å². The molecule has 0 heterocycles. The largest absolute Gasteiger partial charge is 0.0628 e. The van der Waals surface area contributed by atoms with Crippen molar-refractivity contribution in [3.05, 3.63) is 0 Å². The van der Waals surface area contributed by atoms with Gasteiger partial charge in [0.15, 0.2) is 0 Å². The van der Waals surface area contributed by atoms with Crippen LogP contribution in [0.25, 0.3) is 0 Å². The number of rotatable bonds is 20. The fraction of sp³-hybridized carbons (Fsp3) is 1.00. The first-order valence-electron chi connectivity index (χ1n) is 14.3. The molecule has 0 unspecified atom stereocenters. The molecular formula is C30H64. The molecule has 0 aromatic rings. The molecule has 0 rings (SSSR count). The zero-order valence-electron chi connectivity index (χ0n) is 23.0. The summed E-state index contributed by atoms with van der Waals surface area (Å²) >= 11 is 0. The van der Waals surface area contributed by atoms with Gasteiger partial charge in [0.1, 0.15) is 0 Å². The lowest BCUT2D eigenvalue weighted by Crippen LogP contribution is -1.89. The molecule has 0 aromatic heterocycles. The van der Waals surface area contributed by atoms with Gasteiger partial charge in [-0.2, -0.15) is 0 Å². The van der Waals surface area contributed by atoms with Gasteiger partial charge in [0, 0.05) is 0 Å². The zero-order valence-corrected chi connectivity index (χ0v) is 23.0. The molecule has 0 aliphatic carbocycles. The Kier molecular flexibility index (Phi) is 27.1. The second kappa shape index (κ2) is 25.3. The molecule has 0 aliphatic heterocycles. The van der Waals surface area contributed by atoms with Gasteiger partial charge in [0.25, 0.3) is 0 Å². The molecule has 0 saturated carbocycles. The third-order valence-corrected chi connectivity index (χ3v) is 6.13. The molecule has 0 amide bonds. The van der Waals surface area contributed by atoms with Crippen molar-refractivity contribution >= 4 is 0 Å². The first-order chi connectivity index (χ1) is 14.3. The summed E-state index contributed by atoms with van der Waals surface area (Å²) in [6, 6.07) is 0. The Bertz CT molecular complexity index is 256. The first-order valence-corrected chi connectivity index (χ1v) is 14.3. The average molecular weight is 425 g/mol. The van der Waals surface area contributed by atoms with Crippen LogP contribution in [0.15, 0.2) is 0 Å². The van der Waals surface area contributed by atoms with E-state index in [2.05, 4.69) is 55.4 Å². The molecule has 0 aromatic carbocycles. The molecule has 30 heavy (non-hydrogen) atoms. The van der Waals surface area contributed by atoms with Gasteiger partial charge in [-0.1, -0.05) is 171 Å². The molecule has 0 atom stereocenters. The Morgan fingerprint density at radius 3 is 0.500 bits per heavy atom. The van der Waals surface area contributed by atoms with Crippen molar-refractivity contribution in [2.75, 3.05) is 0 Å². The molecule has 184 valence electrons. The van der Waals surface area contributed by atoms with Crippen LogP contribution in [-0.4, -0.2) is 0 Å². The Balaban J connectivity index is 0. The van der Waals surface area contributed by atoms with Crippen LogP contribution in [0.3, 0.4) is 0 Å². The highest BCUT2D eigenvalue weighted by Crippen LogP contribution is 2.15. The zero-order chi connectivity index (χ0) is 23.0. The summed E-state index contributed by atoms with van der Waals surface area (Å²) in [5, 5.41) is 0. The number of hydrogen-bond donors (Lipinski definition) is 0. The first kappa shape index (κ1) is 32.2. The fourth-order valence-electron chi connectivity index (χ4n) is 3.98. The van der Waals surface area contributed by atoms with Crippen molar-refractivity contribution in [1.29, 1.82) is 0 Å². The van der Waals surface area contributed by atoms with E-state index in [4.69, 9.17) is 0 Å². The summed E-state index contributed by atoms with van der Waals surface area (Å²) in [5.74, 6) is 3.60. The van der Waals surface area contributed by atoms with Crippen LogP contribution in [0.1, 0.15) is 171 Å². The van der Waals surface area contributed by atoms with Gasteiger partial charge in [-0.3, -0.25) is 0 Å². The van der Waals surface area contributed by atoms with Crippen molar-refractivity contribution in [3.8, 4) is 0 Å². The predicted octanol–water partition coefficient (Wildman–Crippen LogP) is 11.6. The summed E-state index contributed by atoms with van der Waals surface area (Å²) in [6.07, 6.45) is 26.1. The van der Waals surface area contributed by atoms with Gasteiger partial charge < -0.3 is 0 Å². The van der Waals surface area contributed by atoms with Gasteiger partial charge in [0.2, 0.25) is 0 Å². The van der Waals surface area contributed by atoms with Gasteiger partial charge in [-0.15, -0.1) is 0 Å². The summed E-state index contributed by atoms with van der Waals surface area (Å²) in [6.45, 7) is 18.6. The highest BCUT2D eigenvalue weighted by Gasteiger charge is 1.97. The molecule has 0 fully saturated rings. The lowest BCUT2D eigenvalue weighted by atomic mass is 10.0. The van der Waals surface area contributed by atoms with E-state index in [1.807, 2.05) is 0 Å². The Labute approximate surface area is 194 Å². The Morgan fingerprint density at radius 1 is 0.233 bits per heavy atom. The summed E-state index contributed by atoms with van der Waals surface area (Å²) in [4.78, 5) is 0. The van der Waals surface area contributed by atoms with E-state index in [1.54, 1.807) is 0 Å². The topological polar surface area (TPSA) is 0 Å².